The minimum absolute atomic E-state index is 0. The third-order valence-electron chi connectivity index (χ3n) is 7.25. The number of halogens is 2. The Kier molecular flexibility index (Phi) is 9.98. The Labute approximate surface area is 197 Å². The van der Waals surface area contributed by atoms with E-state index in [9.17, 15) is 0 Å². The third kappa shape index (κ3) is 4.96. The summed E-state index contributed by atoms with van der Waals surface area (Å²) in [6, 6.07) is 12.5. The monoisotopic (exact) mass is 480 g/mol. The van der Waals surface area contributed by atoms with E-state index in [1.54, 1.807) is 33.4 Å². The van der Waals surface area contributed by atoms with Crippen LogP contribution in [0.1, 0.15) is 61.0 Å². The zero-order valence-electron chi connectivity index (χ0n) is 19.1. The van der Waals surface area contributed by atoms with Crippen LogP contribution in [0.15, 0.2) is 71.5 Å². The third-order valence-corrected chi connectivity index (χ3v) is 18.1. The number of allylic oxidation sites excluding steroid dienone is 8. The molecule has 0 heterocycles. The summed E-state index contributed by atoms with van der Waals surface area (Å²) in [5.41, 5.74) is 11.2. The fraction of sp³-hybridized carbons (Fsp3) is 0.440. The molecule has 1 aromatic carbocycles. The first-order valence-corrected chi connectivity index (χ1v) is 15.9. The molecule has 0 saturated carbocycles. The van der Waals surface area contributed by atoms with Crippen LogP contribution in [-0.4, -0.2) is 6.91 Å². The van der Waals surface area contributed by atoms with Crippen LogP contribution in [0.4, 0.5) is 0 Å². The molecule has 29 heavy (non-hydrogen) atoms. The molecule has 1 aromatic rings. The number of hydrogen-bond acceptors (Lipinski definition) is 0. The smallest absolute Gasteiger partial charge is 1.00 e. The average Bonchev–Trinajstić information content (AvgIpc) is 2.98. The molecule has 4 heteroatoms. The van der Waals surface area contributed by atoms with Crippen molar-refractivity contribution >= 4 is 6.91 Å². The second kappa shape index (κ2) is 10.8. The van der Waals surface area contributed by atoms with Gasteiger partial charge in [-0.05, 0) is 0 Å². The Hall–Kier alpha value is -0.309. The molecule has 2 unspecified atom stereocenters. The van der Waals surface area contributed by atoms with E-state index >= 15 is 0 Å². The first-order chi connectivity index (χ1) is 12.8. The van der Waals surface area contributed by atoms with Crippen molar-refractivity contribution < 1.29 is 41.4 Å². The topological polar surface area (TPSA) is 0 Å². The summed E-state index contributed by atoms with van der Waals surface area (Å²) in [4.78, 5) is 0. The van der Waals surface area contributed by atoms with E-state index in [-0.39, 0.29) is 24.8 Å². The Morgan fingerprint density at radius 1 is 0.690 bits per heavy atom. The molecular formula is C25H34Cl2SiTi. The van der Waals surface area contributed by atoms with Gasteiger partial charge in [0.1, 0.15) is 0 Å². The predicted molar refractivity (Wildman–Crippen MR) is 118 cm³/mol. The molecule has 3 rings (SSSR count). The molecule has 0 aliphatic heterocycles. The molecule has 2 aliphatic rings. The van der Waals surface area contributed by atoms with Gasteiger partial charge in [-0.25, -0.2) is 0 Å². The number of rotatable bonds is 4. The van der Waals surface area contributed by atoms with Crippen LogP contribution in [0.3, 0.4) is 0 Å². The van der Waals surface area contributed by atoms with Crippen LogP contribution in [0.5, 0.6) is 0 Å². The molecule has 0 spiro atoms. The van der Waals surface area contributed by atoms with Gasteiger partial charge < -0.3 is 24.8 Å². The Morgan fingerprint density at radius 2 is 1.10 bits per heavy atom. The minimum Gasteiger partial charge on any atom is -1.00 e. The predicted octanol–water partition coefficient (Wildman–Crippen LogP) is 0.685. The van der Waals surface area contributed by atoms with E-state index in [0.717, 1.165) is 0 Å². The summed E-state index contributed by atoms with van der Waals surface area (Å²) in [6.07, 6.45) is 0. The van der Waals surface area contributed by atoms with Gasteiger partial charge in [0.2, 0.25) is 0 Å². The van der Waals surface area contributed by atoms with Crippen LogP contribution >= 0.6 is 0 Å². The minimum atomic E-state index is -1.49. The molecule has 2 aliphatic carbocycles. The van der Waals surface area contributed by atoms with Crippen molar-refractivity contribution in [2.75, 3.05) is 0 Å². The number of hydrogen-bond donors (Lipinski definition) is 0. The summed E-state index contributed by atoms with van der Waals surface area (Å²) < 4.78 is 3.78. The summed E-state index contributed by atoms with van der Waals surface area (Å²) in [7, 11) is 0. The van der Waals surface area contributed by atoms with Crippen molar-refractivity contribution in [1.82, 2.24) is 0 Å². The van der Waals surface area contributed by atoms with Gasteiger partial charge in [0, 0.05) is 0 Å². The number of benzene rings is 1. The first kappa shape index (κ1) is 26.7. The quantitative estimate of drug-likeness (QED) is 0.556. The van der Waals surface area contributed by atoms with Crippen LogP contribution in [0.2, 0.25) is 0 Å². The van der Waals surface area contributed by atoms with Gasteiger partial charge in [-0.1, -0.05) is 0 Å². The van der Waals surface area contributed by atoms with Crippen molar-refractivity contribution in [3.63, 3.8) is 0 Å². The van der Waals surface area contributed by atoms with E-state index in [1.807, 2.05) is 7.76 Å². The Balaban J connectivity index is 0.00000210. The Morgan fingerprint density at radius 3 is 1.45 bits per heavy atom. The molecule has 0 fully saturated rings. The van der Waals surface area contributed by atoms with Crippen LogP contribution < -0.4 is 24.8 Å². The molecule has 0 N–H and O–H groups in total. The van der Waals surface area contributed by atoms with Crippen LogP contribution in [0, 0.1) is 11.8 Å². The van der Waals surface area contributed by atoms with E-state index in [1.165, 1.54) is 11.6 Å². The van der Waals surface area contributed by atoms with E-state index in [4.69, 9.17) is 0 Å². The molecule has 0 nitrogen and oxygen atoms in total. The van der Waals surface area contributed by atoms with Crippen molar-refractivity contribution in [3.8, 4) is 0 Å². The maximum absolute atomic E-state index is 2.47. The molecule has 0 bridgehead atoms. The molecule has 2 atom stereocenters. The van der Waals surface area contributed by atoms with Crippen molar-refractivity contribution in [3.05, 3.63) is 77.1 Å². The van der Waals surface area contributed by atoms with Gasteiger partial charge in [-0.3, -0.25) is 0 Å². The van der Waals surface area contributed by atoms with Crippen LogP contribution in [0.25, 0.3) is 0 Å². The summed E-state index contributed by atoms with van der Waals surface area (Å²) >= 11 is -1.49. The van der Waals surface area contributed by atoms with E-state index in [2.05, 4.69) is 85.7 Å². The van der Waals surface area contributed by atoms with Gasteiger partial charge in [-0.2, -0.15) is 0 Å². The molecule has 156 valence electrons. The second-order valence-electron chi connectivity index (χ2n) is 8.44. The zero-order chi connectivity index (χ0) is 19.9. The zero-order valence-corrected chi connectivity index (χ0v) is 23.3. The van der Waals surface area contributed by atoms with Gasteiger partial charge in [0.25, 0.3) is 0 Å². The van der Waals surface area contributed by atoms with Crippen LogP contribution in [-0.2, 0) is 22.7 Å². The SMILES string of the molecule is CC1=C(C)C(C)[C]([Ti+2](=[SiH]Cc2ccccc2)[C]2=C(C)C(C)=C(C)C2C)=C1C.[Cl-].[Cl-]. The molecule has 0 saturated heterocycles. The van der Waals surface area contributed by atoms with E-state index in [0.29, 0.717) is 18.7 Å². The standard InChI is InChI=1S/2C9H13.C7H8Si.2ClH.Ti/c2*1-6-5-7(2)9(4)8(6)3;8-6-7-4-2-1-3-5-7;;;/h2*6H,1-4H3;1-5,8H,6H2;2*1H;/q;;;;;+2/p-2. The van der Waals surface area contributed by atoms with Gasteiger partial charge in [-0.15, -0.1) is 0 Å². The maximum Gasteiger partial charge on any atom is -1.00 e. The molecule has 0 amide bonds. The maximum atomic E-state index is 2.47. The molecule has 0 radical (unpaired) electrons. The van der Waals surface area contributed by atoms with Crippen molar-refractivity contribution in [2.24, 2.45) is 11.8 Å². The summed E-state index contributed by atoms with van der Waals surface area (Å²) in [5.74, 6) is 1.33. The normalized spacial score (nSPS) is 21.2. The van der Waals surface area contributed by atoms with Crippen molar-refractivity contribution in [2.45, 2.75) is 61.4 Å². The Bertz CT molecular complexity index is 879. The van der Waals surface area contributed by atoms with Gasteiger partial charge in [0.15, 0.2) is 0 Å². The van der Waals surface area contributed by atoms with Gasteiger partial charge in [0.05, 0.1) is 0 Å². The van der Waals surface area contributed by atoms with Gasteiger partial charge >= 0.3 is 174 Å². The fourth-order valence-electron chi connectivity index (χ4n) is 4.80. The first-order valence-electron chi connectivity index (χ1n) is 10.3. The summed E-state index contributed by atoms with van der Waals surface area (Å²) in [5, 5.41) is 0. The molecular weight excluding hydrogens is 447 g/mol. The largest absolute Gasteiger partial charge is 1.00 e. The average molecular weight is 481 g/mol. The van der Waals surface area contributed by atoms with E-state index < -0.39 is 16.6 Å². The van der Waals surface area contributed by atoms with Crippen molar-refractivity contribution in [1.29, 1.82) is 0 Å². The molecule has 0 aromatic heterocycles. The second-order valence-corrected chi connectivity index (χ2v) is 16.5. The fourth-order valence-corrected chi connectivity index (χ4v) is 18.4. The summed E-state index contributed by atoms with van der Waals surface area (Å²) in [6.45, 7) is 19.7.